The standard InChI is InChI=1S/C16H23N5O2/c1-10(2)21-15-12(8-18-21)7-13(9-17-15)20-16(22)19-11(3)14-5-4-6-23-14/h7-11,14H,4-6H2,1-3H3,(H2,19,20,22)/t11-,14-/m0/s1. The van der Waals surface area contributed by atoms with E-state index in [0.717, 1.165) is 30.5 Å². The van der Waals surface area contributed by atoms with Crippen LogP contribution in [0.3, 0.4) is 0 Å². The van der Waals surface area contributed by atoms with E-state index in [1.165, 1.54) is 0 Å². The number of carbonyl (C=O) groups is 1. The van der Waals surface area contributed by atoms with Crippen LogP contribution in [0.15, 0.2) is 18.5 Å². The van der Waals surface area contributed by atoms with Crippen LogP contribution in [0.25, 0.3) is 11.0 Å². The van der Waals surface area contributed by atoms with Crippen molar-refractivity contribution in [1.82, 2.24) is 20.1 Å². The van der Waals surface area contributed by atoms with E-state index in [4.69, 9.17) is 4.74 Å². The maximum Gasteiger partial charge on any atom is 0.319 e. The molecule has 2 atom stereocenters. The molecule has 2 N–H and O–H groups in total. The van der Waals surface area contributed by atoms with Gasteiger partial charge in [-0.3, -0.25) is 0 Å². The minimum Gasteiger partial charge on any atom is -0.376 e. The summed E-state index contributed by atoms with van der Waals surface area (Å²) in [5, 5.41) is 11.0. The Labute approximate surface area is 135 Å². The smallest absolute Gasteiger partial charge is 0.319 e. The Hall–Kier alpha value is -2.15. The molecule has 3 heterocycles. The molecule has 23 heavy (non-hydrogen) atoms. The van der Waals surface area contributed by atoms with Crippen LogP contribution in [0, 0.1) is 0 Å². The molecule has 0 bridgehead atoms. The quantitative estimate of drug-likeness (QED) is 0.908. The SMILES string of the molecule is CC(C)n1ncc2cc(NC(=O)N[C@@H](C)[C@@H]3CCCO3)cnc21. The van der Waals surface area contributed by atoms with Gasteiger partial charge in [-0.15, -0.1) is 0 Å². The number of amides is 2. The Morgan fingerprint density at radius 2 is 2.22 bits per heavy atom. The van der Waals surface area contributed by atoms with Gasteiger partial charge in [-0.05, 0) is 39.7 Å². The third kappa shape index (κ3) is 3.44. The average molecular weight is 317 g/mol. The van der Waals surface area contributed by atoms with Gasteiger partial charge < -0.3 is 15.4 Å². The van der Waals surface area contributed by atoms with Crippen molar-refractivity contribution in [2.24, 2.45) is 0 Å². The predicted molar refractivity (Wildman–Crippen MR) is 88.5 cm³/mol. The predicted octanol–water partition coefficient (Wildman–Crippen LogP) is 2.70. The van der Waals surface area contributed by atoms with E-state index in [9.17, 15) is 4.79 Å². The van der Waals surface area contributed by atoms with Gasteiger partial charge in [0.05, 0.1) is 30.2 Å². The topological polar surface area (TPSA) is 81.1 Å². The van der Waals surface area contributed by atoms with E-state index >= 15 is 0 Å². The molecule has 0 aromatic carbocycles. The summed E-state index contributed by atoms with van der Waals surface area (Å²) >= 11 is 0. The molecule has 2 aromatic rings. The van der Waals surface area contributed by atoms with Gasteiger partial charge in [-0.25, -0.2) is 14.5 Å². The van der Waals surface area contributed by atoms with Crippen LogP contribution >= 0.6 is 0 Å². The Morgan fingerprint density at radius 1 is 1.39 bits per heavy atom. The zero-order valence-corrected chi connectivity index (χ0v) is 13.7. The van der Waals surface area contributed by atoms with Crippen LogP contribution in [0.2, 0.25) is 0 Å². The lowest BCUT2D eigenvalue weighted by Crippen LogP contribution is -2.42. The molecular formula is C16H23N5O2. The van der Waals surface area contributed by atoms with Gasteiger partial charge in [0, 0.05) is 18.0 Å². The third-order valence-electron chi connectivity index (χ3n) is 4.06. The maximum absolute atomic E-state index is 12.1. The Morgan fingerprint density at radius 3 is 2.91 bits per heavy atom. The largest absolute Gasteiger partial charge is 0.376 e. The number of nitrogens with zero attached hydrogens (tertiary/aromatic N) is 3. The molecule has 1 fully saturated rings. The van der Waals surface area contributed by atoms with Crippen molar-refractivity contribution >= 4 is 22.8 Å². The second-order valence-electron chi connectivity index (χ2n) is 6.26. The lowest BCUT2D eigenvalue weighted by Gasteiger charge is -2.20. The molecule has 124 valence electrons. The third-order valence-corrected chi connectivity index (χ3v) is 4.06. The zero-order chi connectivity index (χ0) is 16.4. The van der Waals surface area contributed by atoms with E-state index in [0.29, 0.717) is 5.69 Å². The van der Waals surface area contributed by atoms with E-state index in [2.05, 4.69) is 34.6 Å². The summed E-state index contributed by atoms with van der Waals surface area (Å²) in [4.78, 5) is 16.5. The Bertz CT molecular complexity index is 691. The molecular weight excluding hydrogens is 294 g/mol. The zero-order valence-electron chi connectivity index (χ0n) is 13.7. The fourth-order valence-corrected chi connectivity index (χ4v) is 2.85. The van der Waals surface area contributed by atoms with Crippen molar-refractivity contribution in [2.45, 2.75) is 51.8 Å². The first-order chi connectivity index (χ1) is 11.0. The van der Waals surface area contributed by atoms with Crippen molar-refractivity contribution < 1.29 is 9.53 Å². The highest BCUT2D eigenvalue weighted by molar-refractivity contribution is 5.91. The van der Waals surface area contributed by atoms with Crippen molar-refractivity contribution in [3.63, 3.8) is 0 Å². The second-order valence-corrected chi connectivity index (χ2v) is 6.26. The van der Waals surface area contributed by atoms with Gasteiger partial charge in [0.2, 0.25) is 0 Å². The first-order valence-corrected chi connectivity index (χ1v) is 8.07. The van der Waals surface area contributed by atoms with E-state index in [1.54, 1.807) is 12.4 Å². The van der Waals surface area contributed by atoms with Crippen molar-refractivity contribution in [2.75, 3.05) is 11.9 Å². The fourth-order valence-electron chi connectivity index (χ4n) is 2.85. The summed E-state index contributed by atoms with van der Waals surface area (Å²) in [6.45, 7) is 6.85. The van der Waals surface area contributed by atoms with Crippen LogP contribution in [0.1, 0.15) is 39.7 Å². The van der Waals surface area contributed by atoms with Gasteiger partial charge in [0.15, 0.2) is 5.65 Å². The number of pyridine rings is 1. The van der Waals surface area contributed by atoms with E-state index in [1.807, 2.05) is 17.7 Å². The minimum absolute atomic E-state index is 0.0159. The van der Waals surface area contributed by atoms with Crippen LogP contribution < -0.4 is 10.6 Å². The van der Waals surface area contributed by atoms with Gasteiger partial charge in [-0.2, -0.15) is 5.10 Å². The van der Waals surface area contributed by atoms with Crippen LogP contribution in [0.4, 0.5) is 10.5 Å². The van der Waals surface area contributed by atoms with E-state index < -0.39 is 0 Å². The molecule has 0 unspecified atom stereocenters. The van der Waals surface area contributed by atoms with Gasteiger partial charge in [0.25, 0.3) is 0 Å². The number of hydrogen-bond donors (Lipinski definition) is 2. The molecule has 3 rings (SSSR count). The molecule has 0 spiro atoms. The molecule has 0 aliphatic carbocycles. The highest BCUT2D eigenvalue weighted by Gasteiger charge is 2.23. The number of fused-ring (bicyclic) bond motifs is 1. The first-order valence-electron chi connectivity index (χ1n) is 8.07. The van der Waals surface area contributed by atoms with Crippen molar-refractivity contribution in [3.05, 3.63) is 18.5 Å². The molecule has 7 nitrogen and oxygen atoms in total. The number of nitrogens with one attached hydrogen (secondary N) is 2. The Balaban J connectivity index is 1.65. The van der Waals surface area contributed by atoms with Gasteiger partial charge >= 0.3 is 6.03 Å². The number of aromatic nitrogens is 3. The number of carbonyl (C=O) groups excluding carboxylic acids is 1. The van der Waals surface area contributed by atoms with Crippen LogP contribution in [-0.2, 0) is 4.74 Å². The number of urea groups is 1. The number of ether oxygens (including phenoxy) is 1. The summed E-state index contributed by atoms with van der Waals surface area (Å²) in [5.74, 6) is 0. The first kappa shape index (κ1) is 15.7. The molecule has 0 radical (unpaired) electrons. The number of rotatable bonds is 4. The van der Waals surface area contributed by atoms with E-state index in [-0.39, 0.29) is 24.2 Å². The van der Waals surface area contributed by atoms with Crippen molar-refractivity contribution in [3.8, 4) is 0 Å². The molecule has 1 saturated heterocycles. The fraction of sp³-hybridized carbons (Fsp3) is 0.562. The molecule has 0 saturated carbocycles. The Kier molecular flexibility index (Phi) is 4.47. The number of anilines is 1. The van der Waals surface area contributed by atoms with Crippen LogP contribution in [-0.4, -0.2) is 39.5 Å². The molecule has 2 aromatic heterocycles. The summed E-state index contributed by atoms with van der Waals surface area (Å²) < 4.78 is 7.44. The summed E-state index contributed by atoms with van der Waals surface area (Å²) in [7, 11) is 0. The molecule has 1 aliphatic rings. The lowest BCUT2D eigenvalue weighted by molar-refractivity contribution is 0.0868. The van der Waals surface area contributed by atoms with Gasteiger partial charge in [-0.1, -0.05) is 0 Å². The van der Waals surface area contributed by atoms with Crippen molar-refractivity contribution in [1.29, 1.82) is 0 Å². The monoisotopic (exact) mass is 317 g/mol. The highest BCUT2D eigenvalue weighted by atomic mass is 16.5. The second kappa shape index (κ2) is 6.54. The average Bonchev–Trinajstić information content (AvgIpc) is 3.16. The summed E-state index contributed by atoms with van der Waals surface area (Å²) in [6.07, 6.45) is 5.56. The molecule has 7 heteroatoms. The molecule has 2 amide bonds. The molecule has 1 aliphatic heterocycles. The maximum atomic E-state index is 12.1. The van der Waals surface area contributed by atoms with Crippen LogP contribution in [0.5, 0.6) is 0 Å². The van der Waals surface area contributed by atoms with Gasteiger partial charge in [0.1, 0.15) is 0 Å². The highest BCUT2D eigenvalue weighted by Crippen LogP contribution is 2.19. The summed E-state index contributed by atoms with van der Waals surface area (Å²) in [5.41, 5.74) is 1.47. The number of hydrogen-bond acceptors (Lipinski definition) is 4. The normalized spacial score (nSPS) is 19.2. The summed E-state index contributed by atoms with van der Waals surface area (Å²) in [6, 6.07) is 1.86. The lowest BCUT2D eigenvalue weighted by atomic mass is 10.1. The minimum atomic E-state index is -0.245.